The van der Waals surface area contributed by atoms with Gasteiger partial charge in [0.1, 0.15) is 5.75 Å². The lowest BCUT2D eigenvalue weighted by Gasteiger charge is -2.15. The second-order valence-electron chi connectivity index (χ2n) is 9.14. The number of fused-ring (bicyclic) bond motifs is 3. The third-order valence-corrected chi connectivity index (χ3v) is 6.93. The van der Waals surface area contributed by atoms with E-state index in [0.717, 1.165) is 6.42 Å². The molecule has 0 aliphatic carbocycles. The van der Waals surface area contributed by atoms with Crippen LogP contribution in [0.25, 0.3) is 32.3 Å². The van der Waals surface area contributed by atoms with Crippen molar-refractivity contribution >= 4 is 32.3 Å². The summed E-state index contributed by atoms with van der Waals surface area (Å²) in [5.74, 6) is 0.342. The molecule has 0 heterocycles. The molecular formula is C30H36O. The Kier molecular flexibility index (Phi) is 6.80. The van der Waals surface area contributed by atoms with Gasteiger partial charge in [0.25, 0.3) is 0 Å². The monoisotopic (exact) mass is 412 g/mol. The molecule has 4 aromatic rings. The van der Waals surface area contributed by atoms with Gasteiger partial charge in [0.15, 0.2) is 0 Å². The van der Waals surface area contributed by atoms with E-state index in [-0.39, 0.29) is 0 Å². The number of unbranched alkanes of at least 4 members (excludes halogenated alkanes) is 6. The maximum atomic E-state index is 10.0. The largest absolute Gasteiger partial charge is 0.508 e. The fourth-order valence-corrected chi connectivity index (χ4v) is 5.12. The van der Waals surface area contributed by atoms with E-state index in [1.807, 2.05) is 12.1 Å². The van der Waals surface area contributed by atoms with Crippen LogP contribution in [-0.4, -0.2) is 5.11 Å². The smallest absolute Gasteiger partial charge is 0.116 e. The van der Waals surface area contributed by atoms with Crippen LogP contribution >= 0.6 is 0 Å². The first kappa shape index (κ1) is 21.7. The van der Waals surface area contributed by atoms with Crippen molar-refractivity contribution in [3.63, 3.8) is 0 Å². The van der Waals surface area contributed by atoms with Gasteiger partial charge in [0.05, 0.1) is 0 Å². The summed E-state index contributed by atoms with van der Waals surface area (Å²) in [4.78, 5) is 0. The molecule has 4 aromatic carbocycles. The summed E-state index contributed by atoms with van der Waals surface area (Å²) in [6.45, 7) is 6.76. The van der Waals surface area contributed by atoms with Crippen LogP contribution in [0.3, 0.4) is 0 Å². The molecule has 1 nitrogen and oxygen atoms in total. The molecule has 0 atom stereocenters. The molecule has 0 saturated carbocycles. The highest BCUT2D eigenvalue weighted by molar-refractivity contribution is 6.10. The van der Waals surface area contributed by atoms with Crippen LogP contribution in [0.1, 0.15) is 75.5 Å². The molecule has 4 rings (SSSR count). The highest BCUT2D eigenvalue weighted by atomic mass is 16.3. The van der Waals surface area contributed by atoms with Gasteiger partial charge >= 0.3 is 0 Å². The van der Waals surface area contributed by atoms with Gasteiger partial charge in [0, 0.05) is 0 Å². The Hall–Kier alpha value is -2.54. The first-order chi connectivity index (χ1) is 15.1. The molecule has 1 heteroatoms. The standard InChI is InChI=1S/C30H36O/c1-4-6-7-8-9-10-11-12-22-13-14-23-19-30-26(5-2)29-20-25(31)16-15-24(29)18-28(30)21(3)27(23)17-22/h13-20,31H,4-12H2,1-3H3. The van der Waals surface area contributed by atoms with E-state index in [9.17, 15) is 5.11 Å². The molecular weight excluding hydrogens is 376 g/mol. The Labute approximate surface area is 187 Å². The highest BCUT2D eigenvalue weighted by Crippen LogP contribution is 2.36. The molecule has 0 unspecified atom stereocenters. The average Bonchev–Trinajstić information content (AvgIpc) is 2.78. The van der Waals surface area contributed by atoms with Gasteiger partial charge in [-0.25, -0.2) is 0 Å². The summed E-state index contributed by atoms with van der Waals surface area (Å²) >= 11 is 0. The minimum atomic E-state index is 0.342. The predicted molar refractivity (Wildman–Crippen MR) is 136 cm³/mol. The van der Waals surface area contributed by atoms with Gasteiger partial charge in [0.2, 0.25) is 0 Å². The Morgan fingerprint density at radius 3 is 2.10 bits per heavy atom. The molecule has 1 N–H and O–H groups in total. The summed E-state index contributed by atoms with van der Waals surface area (Å²) in [6, 6.07) is 17.5. The number of hydrogen-bond donors (Lipinski definition) is 1. The number of aromatic hydroxyl groups is 1. The second-order valence-corrected chi connectivity index (χ2v) is 9.14. The molecule has 0 saturated heterocycles. The molecule has 0 amide bonds. The van der Waals surface area contributed by atoms with E-state index < -0.39 is 0 Å². The summed E-state index contributed by atoms with van der Waals surface area (Å²) in [7, 11) is 0. The minimum absolute atomic E-state index is 0.342. The Balaban J connectivity index is 1.65. The first-order valence-corrected chi connectivity index (χ1v) is 12.2. The van der Waals surface area contributed by atoms with Crippen molar-refractivity contribution in [2.24, 2.45) is 0 Å². The van der Waals surface area contributed by atoms with E-state index >= 15 is 0 Å². The summed E-state index contributed by atoms with van der Waals surface area (Å²) in [5, 5.41) is 17.8. The van der Waals surface area contributed by atoms with Crippen molar-refractivity contribution in [2.45, 2.75) is 78.6 Å². The van der Waals surface area contributed by atoms with Crippen LogP contribution in [0.4, 0.5) is 0 Å². The number of phenols is 1. The van der Waals surface area contributed by atoms with Crippen molar-refractivity contribution in [1.82, 2.24) is 0 Å². The lowest BCUT2D eigenvalue weighted by molar-refractivity contribution is 0.476. The van der Waals surface area contributed by atoms with Crippen molar-refractivity contribution in [1.29, 1.82) is 0 Å². The van der Waals surface area contributed by atoms with E-state index in [4.69, 9.17) is 0 Å². The van der Waals surface area contributed by atoms with E-state index in [2.05, 4.69) is 51.1 Å². The van der Waals surface area contributed by atoms with Crippen molar-refractivity contribution in [2.75, 3.05) is 0 Å². The van der Waals surface area contributed by atoms with Crippen molar-refractivity contribution in [3.05, 3.63) is 65.2 Å². The van der Waals surface area contributed by atoms with Crippen LogP contribution in [0.15, 0.2) is 48.5 Å². The number of hydrogen-bond acceptors (Lipinski definition) is 1. The van der Waals surface area contributed by atoms with Gasteiger partial charge in [-0.05, 0) is 99.5 Å². The third-order valence-electron chi connectivity index (χ3n) is 6.93. The quantitative estimate of drug-likeness (QED) is 0.215. The molecule has 162 valence electrons. The third kappa shape index (κ3) is 4.56. The first-order valence-electron chi connectivity index (χ1n) is 12.2. The maximum absolute atomic E-state index is 10.0. The Bertz CT molecular complexity index is 1200. The molecule has 0 aliphatic heterocycles. The van der Waals surface area contributed by atoms with Gasteiger partial charge in [-0.15, -0.1) is 0 Å². The second kappa shape index (κ2) is 9.73. The lowest BCUT2D eigenvalue weighted by Crippen LogP contribution is -1.93. The van der Waals surface area contributed by atoms with E-state index in [1.165, 1.54) is 100 Å². The fourth-order valence-electron chi connectivity index (χ4n) is 5.12. The fraction of sp³-hybridized carbons (Fsp3) is 0.400. The highest BCUT2D eigenvalue weighted by Gasteiger charge is 2.12. The molecule has 0 bridgehead atoms. The van der Waals surface area contributed by atoms with E-state index in [0.29, 0.717) is 5.75 Å². The van der Waals surface area contributed by atoms with Gasteiger partial charge in [-0.3, -0.25) is 0 Å². The Morgan fingerprint density at radius 2 is 1.32 bits per heavy atom. The van der Waals surface area contributed by atoms with Crippen LogP contribution in [0.5, 0.6) is 5.75 Å². The summed E-state index contributed by atoms with van der Waals surface area (Å²) < 4.78 is 0. The minimum Gasteiger partial charge on any atom is -0.508 e. The van der Waals surface area contributed by atoms with Gasteiger partial charge in [-0.1, -0.05) is 76.6 Å². The molecule has 31 heavy (non-hydrogen) atoms. The van der Waals surface area contributed by atoms with Gasteiger partial charge in [-0.2, -0.15) is 0 Å². The molecule has 0 spiro atoms. The lowest BCUT2D eigenvalue weighted by atomic mass is 9.89. The van der Waals surface area contributed by atoms with Crippen molar-refractivity contribution < 1.29 is 5.11 Å². The topological polar surface area (TPSA) is 20.2 Å². The molecule has 0 radical (unpaired) electrons. The zero-order valence-electron chi connectivity index (χ0n) is 19.4. The molecule has 0 aliphatic rings. The summed E-state index contributed by atoms with van der Waals surface area (Å²) in [6.07, 6.45) is 11.6. The number of aryl methyl sites for hydroxylation is 3. The van der Waals surface area contributed by atoms with Crippen molar-refractivity contribution in [3.8, 4) is 5.75 Å². The van der Waals surface area contributed by atoms with Gasteiger partial charge < -0.3 is 5.11 Å². The van der Waals surface area contributed by atoms with E-state index in [1.54, 1.807) is 6.07 Å². The maximum Gasteiger partial charge on any atom is 0.116 e. The van der Waals surface area contributed by atoms with Crippen LogP contribution in [-0.2, 0) is 12.8 Å². The van der Waals surface area contributed by atoms with Crippen LogP contribution in [0.2, 0.25) is 0 Å². The summed E-state index contributed by atoms with van der Waals surface area (Å²) in [5.41, 5.74) is 4.17. The number of rotatable bonds is 9. The van der Waals surface area contributed by atoms with Crippen LogP contribution < -0.4 is 0 Å². The number of phenolic OH excluding ortho intramolecular Hbond substituents is 1. The predicted octanol–water partition coefficient (Wildman–Crippen LogP) is 9.02. The zero-order valence-corrected chi connectivity index (χ0v) is 19.4. The molecule has 0 aromatic heterocycles. The normalized spacial score (nSPS) is 11.7. The molecule has 0 fully saturated rings. The Morgan fingerprint density at radius 1 is 0.645 bits per heavy atom. The average molecular weight is 413 g/mol. The van der Waals surface area contributed by atoms with Crippen LogP contribution in [0, 0.1) is 6.92 Å². The number of benzene rings is 4. The zero-order chi connectivity index (χ0) is 21.8. The SMILES string of the molecule is CCCCCCCCCc1ccc2cc3c(CC)c4cc(O)ccc4cc3c(C)c2c1.